The van der Waals surface area contributed by atoms with E-state index in [0.29, 0.717) is 12.8 Å². The Hall–Kier alpha value is -1.06. The van der Waals surface area contributed by atoms with Gasteiger partial charge in [-0.25, -0.2) is 0 Å². The summed E-state index contributed by atoms with van der Waals surface area (Å²) < 4.78 is 0. The lowest BCUT2D eigenvalue weighted by Gasteiger charge is -2.22. The van der Waals surface area contributed by atoms with Crippen LogP contribution in [0.15, 0.2) is 0 Å². The summed E-state index contributed by atoms with van der Waals surface area (Å²) >= 11 is 0. The summed E-state index contributed by atoms with van der Waals surface area (Å²) in [7, 11) is 0. The lowest BCUT2D eigenvalue weighted by Crippen LogP contribution is -2.33. The molecule has 1 aliphatic heterocycles. The fraction of sp³-hybridized carbons (Fsp3) is 0.778. The normalized spacial score (nSPS) is 22.4. The zero-order valence-electron chi connectivity index (χ0n) is 7.95. The van der Waals surface area contributed by atoms with Gasteiger partial charge in [0.2, 0.25) is 11.8 Å². The number of rotatable bonds is 4. The molecule has 4 heteroatoms. The summed E-state index contributed by atoms with van der Waals surface area (Å²) in [6.07, 6.45) is 2.60. The number of carbonyl (C=O) groups excluding carboxylic acids is 2. The van der Waals surface area contributed by atoms with Gasteiger partial charge in [-0.3, -0.25) is 9.59 Å². The summed E-state index contributed by atoms with van der Waals surface area (Å²) in [4.78, 5) is 23.7. The third-order valence-electron chi connectivity index (χ3n) is 2.52. The van der Waals surface area contributed by atoms with E-state index in [1.807, 2.05) is 11.8 Å². The minimum absolute atomic E-state index is 0.206. The van der Waals surface area contributed by atoms with E-state index in [9.17, 15) is 9.59 Å². The van der Waals surface area contributed by atoms with E-state index in [2.05, 4.69) is 0 Å². The minimum Gasteiger partial charge on any atom is -0.370 e. The van der Waals surface area contributed by atoms with E-state index in [-0.39, 0.29) is 17.9 Å². The number of nitrogens with two attached hydrogens (primary N) is 1. The Bertz CT molecular complexity index is 216. The topological polar surface area (TPSA) is 63.4 Å². The molecule has 0 aromatic rings. The van der Waals surface area contributed by atoms with E-state index in [4.69, 9.17) is 5.73 Å². The second-order valence-electron chi connectivity index (χ2n) is 3.38. The van der Waals surface area contributed by atoms with Crippen molar-refractivity contribution in [3.8, 4) is 0 Å². The molecule has 2 amide bonds. The lowest BCUT2D eigenvalue weighted by atomic mass is 10.1. The highest BCUT2D eigenvalue weighted by Gasteiger charge is 2.29. The molecule has 74 valence electrons. The van der Waals surface area contributed by atoms with E-state index in [1.54, 1.807) is 0 Å². The SMILES string of the molecule is CCN1C(=O)CC[C@H]1CCC(N)=O. The predicted molar refractivity (Wildman–Crippen MR) is 48.8 cm³/mol. The largest absolute Gasteiger partial charge is 0.370 e. The molecule has 0 radical (unpaired) electrons. The highest BCUT2D eigenvalue weighted by molar-refractivity contribution is 5.79. The number of primary amides is 1. The Morgan fingerprint density at radius 2 is 2.38 bits per heavy atom. The smallest absolute Gasteiger partial charge is 0.222 e. The second-order valence-corrected chi connectivity index (χ2v) is 3.38. The maximum absolute atomic E-state index is 11.3. The standard InChI is InChI=1S/C9H16N2O2/c1-2-11-7(3-5-8(10)12)4-6-9(11)13/h7H,2-6H2,1H3,(H2,10,12)/t7-/m1/s1. The molecule has 2 N–H and O–H groups in total. The highest BCUT2D eigenvalue weighted by Crippen LogP contribution is 2.21. The fourth-order valence-electron chi connectivity index (χ4n) is 1.84. The zero-order valence-corrected chi connectivity index (χ0v) is 7.95. The van der Waals surface area contributed by atoms with Gasteiger partial charge in [0.15, 0.2) is 0 Å². The van der Waals surface area contributed by atoms with Gasteiger partial charge in [-0.2, -0.15) is 0 Å². The van der Waals surface area contributed by atoms with Crippen LogP contribution in [0.4, 0.5) is 0 Å². The summed E-state index contributed by atoms with van der Waals surface area (Å²) in [6.45, 7) is 2.70. The quantitative estimate of drug-likeness (QED) is 0.681. The van der Waals surface area contributed by atoms with E-state index in [0.717, 1.165) is 19.4 Å². The fourth-order valence-corrected chi connectivity index (χ4v) is 1.84. The van der Waals surface area contributed by atoms with Crippen molar-refractivity contribution in [1.82, 2.24) is 4.90 Å². The average molecular weight is 184 g/mol. The van der Waals surface area contributed by atoms with Crippen LogP contribution < -0.4 is 5.73 Å². The molecule has 0 spiro atoms. The molecule has 1 aliphatic rings. The van der Waals surface area contributed by atoms with Crippen LogP contribution in [0.5, 0.6) is 0 Å². The van der Waals surface area contributed by atoms with Crippen LogP contribution in [0.25, 0.3) is 0 Å². The van der Waals surface area contributed by atoms with Gasteiger partial charge in [-0.05, 0) is 19.8 Å². The molecule has 0 unspecified atom stereocenters. The first-order valence-electron chi connectivity index (χ1n) is 4.73. The van der Waals surface area contributed by atoms with Crippen LogP contribution in [0, 0.1) is 0 Å². The van der Waals surface area contributed by atoms with Crippen LogP contribution in [-0.2, 0) is 9.59 Å². The Morgan fingerprint density at radius 3 is 2.92 bits per heavy atom. The first-order chi connectivity index (χ1) is 6.15. The van der Waals surface area contributed by atoms with Gasteiger partial charge in [0.05, 0.1) is 0 Å². The maximum atomic E-state index is 11.3. The molecule has 1 heterocycles. The molecule has 0 aromatic heterocycles. The van der Waals surface area contributed by atoms with Crippen LogP contribution >= 0.6 is 0 Å². The van der Waals surface area contributed by atoms with Crippen molar-refractivity contribution in [3.63, 3.8) is 0 Å². The van der Waals surface area contributed by atoms with Crippen molar-refractivity contribution in [2.75, 3.05) is 6.54 Å². The first-order valence-corrected chi connectivity index (χ1v) is 4.73. The summed E-state index contributed by atoms with van der Waals surface area (Å²) in [5.74, 6) is -0.0765. The monoisotopic (exact) mass is 184 g/mol. The molecular formula is C9H16N2O2. The Morgan fingerprint density at radius 1 is 1.69 bits per heavy atom. The van der Waals surface area contributed by atoms with Crippen molar-refractivity contribution < 1.29 is 9.59 Å². The van der Waals surface area contributed by atoms with Crippen molar-refractivity contribution in [2.24, 2.45) is 5.73 Å². The molecule has 0 aromatic carbocycles. The summed E-state index contributed by atoms with van der Waals surface area (Å²) in [6, 6.07) is 0.241. The Balaban J connectivity index is 2.41. The highest BCUT2D eigenvalue weighted by atomic mass is 16.2. The zero-order chi connectivity index (χ0) is 9.84. The van der Waals surface area contributed by atoms with Gasteiger partial charge < -0.3 is 10.6 Å². The second kappa shape index (κ2) is 4.25. The average Bonchev–Trinajstić information content (AvgIpc) is 2.42. The molecular weight excluding hydrogens is 168 g/mol. The predicted octanol–water partition coefficient (Wildman–Crippen LogP) is 0.263. The molecule has 1 saturated heterocycles. The van der Waals surface area contributed by atoms with Gasteiger partial charge in [0.1, 0.15) is 0 Å². The van der Waals surface area contributed by atoms with Gasteiger partial charge in [-0.1, -0.05) is 0 Å². The van der Waals surface area contributed by atoms with Gasteiger partial charge in [0, 0.05) is 25.4 Å². The molecule has 1 rings (SSSR count). The number of nitrogens with zero attached hydrogens (tertiary/aromatic N) is 1. The Labute approximate surface area is 78.1 Å². The molecule has 13 heavy (non-hydrogen) atoms. The Kier molecular flexibility index (Phi) is 3.28. The molecule has 0 aliphatic carbocycles. The number of amides is 2. The van der Waals surface area contributed by atoms with E-state index >= 15 is 0 Å². The molecule has 4 nitrogen and oxygen atoms in total. The van der Waals surface area contributed by atoms with Gasteiger partial charge in [0.25, 0.3) is 0 Å². The molecule has 0 bridgehead atoms. The third kappa shape index (κ3) is 2.44. The molecule has 1 fully saturated rings. The third-order valence-corrected chi connectivity index (χ3v) is 2.52. The summed E-state index contributed by atoms with van der Waals surface area (Å²) in [5.41, 5.74) is 5.05. The minimum atomic E-state index is -0.282. The number of hydrogen-bond acceptors (Lipinski definition) is 2. The number of likely N-dealkylation sites (tertiary alicyclic amines) is 1. The van der Waals surface area contributed by atoms with Crippen molar-refractivity contribution in [3.05, 3.63) is 0 Å². The van der Waals surface area contributed by atoms with Crippen LogP contribution in [-0.4, -0.2) is 29.3 Å². The first kappa shape index (κ1) is 10.0. The number of carbonyl (C=O) groups is 2. The van der Waals surface area contributed by atoms with Crippen LogP contribution in [0.1, 0.15) is 32.6 Å². The van der Waals surface area contributed by atoms with Crippen molar-refractivity contribution >= 4 is 11.8 Å². The van der Waals surface area contributed by atoms with Gasteiger partial charge in [-0.15, -0.1) is 0 Å². The van der Waals surface area contributed by atoms with Crippen LogP contribution in [0.2, 0.25) is 0 Å². The van der Waals surface area contributed by atoms with E-state index < -0.39 is 0 Å². The number of hydrogen-bond donors (Lipinski definition) is 1. The molecule has 0 saturated carbocycles. The van der Waals surface area contributed by atoms with Crippen LogP contribution in [0.3, 0.4) is 0 Å². The summed E-state index contributed by atoms with van der Waals surface area (Å²) in [5, 5.41) is 0. The molecule has 1 atom stereocenters. The van der Waals surface area contributed by atoms with Crippen molar-refractivity contribution in [2.45, 2.75) is 38.6 Å². The lowest BCUT2D eigenvalue weighted by molar-refractivity contribution is -0.129. The van der Waals surface area contributed by atoms with Crippen molar-refractivity contribution in [1.29, 1.82) is 0 Å². The van der Waals surface area contributed by atoms with E-state index in [1.165, 1.54) is 0 Å². The maximum Gasteiger partial charge on any atom is 0.222 e. The van der Waals surface area contributed by atoms with Gasteiger partial charge >= 0.3 is 0 Å².